The second-order valence-electron chi connectivity index (χ2n) is 6.63. The predicted octanol–water partition coefficient (Wildman–Crippen LogP) is 3.48. The molecule has 0 aliphatic carbocycles. The van der Waals surface area contributed by atoms with Gasteiger partial charge in [0, 0.05) is 16.8 Å². The van der Waals surface area contributed by atoms with Gasteiger partial charge in [-0.1, -0.05) is 42.5 Å². The number of alkyl halides is 6. The molecule has 0 aliphatic rings. The van der Waals surface area contributed by atoms with E-state index in [1.807, 2.05) is 10.6 Å². The van der Waals surface area contributed by atoms with Crippen LogP contribution < -0.4 is 16.4 Å². The number of nitrogen functional groups attached to an aromatic ring is 1. The van der Waals surface area contributed by atoms with E-state index in [-0.39, 0.29) is 28.5 Å². The quantitative estimate of drug-likeness (QED) is 0.0865. The minimum absolute atomic E-state index is 0. The number of amidine groups is 2. The minimum Gasteiger partial charge on any atom is -0.741 e. The summed E-state index contributed by atoms with van der Waals surface area (Å²) in [4.78, 5) is 0. The largest absolute Gasteiger partial charge is 2.00 e. The first kappa shape index (κ1) is 31.1. The molecule has 2 aromatic carbocycles. The number of nitrogens with two attached hydrogens (primary N) is 1. The third-order valence-electron chi connectivity index (χ3n) is 3.82. The van der Waals surface area contributed by atoms with Gasteiger partial charge in [-0.2, -0.15) is 36.5 Å². The molecule has 0 bridgehead atoms. The molecule has 0 saturated carbocycles. The maximum atomic E-state index is 12.4. The number of benzene rings is 2. The SMILES string of the molecule is Nc1ccc(C(=N\N=C(/[S-])NCC(F)(F)F)/C(=N/N=C(\[S-])NCC(F)(F)F)c2ccccc2)cc1.[Cu+2]. The first-order valence-electron chi connectivity index (χ1n) is 9.52. The van der Waals surface area contributed by atoms with Crippen LogP contribution in [0.3, 0.4) is 0 Å². The van der Waals surface area contributed by atoms with Crippen molar-refractivity contribution in [3.8, 4) is 0 Å². The van der Waals surface area contributed by atoms with E-state index in [0.717, 1.165) is 0 Å². The summed E-state index contributed by atoms with van der Waals surface area (Å²) in [5.74, 6) is 0. The van der Waals surface area contributed by atoms with Crippen LogP contribution in [0, 0.1) is 0 Å². The normalized spacial score (nSPS) is 13.7. The van der Waals surface area contributed by atoms with E-state index >= 15 is 0 Å². The van der Waals surface area contributed by atoms with Crippen molar-refractivity contribution in [1.29, 1.82) is 0 Å². The van der Waals surface area contributed by atoms with Gasteiger partial charge in [-0.3, -0.25) is 0 Å². The van der Waals surface area contributed by atoms with Crippen molar-refractivity contribution >= 4 is 52.7 Å². The number of halogens is 6. The first-order valence-corrected chi connectivity index (χ1v) is 10.3. The van der Waals surface area contributed by atoms with Crippen molar-refractivity contribution in [2.24, 2.45) is 20.4 Å². The van der Waals surface area contributed by atoms with Gasteiger partial charge in [-0.05, 0) is 22.5 Å². The van der Waals surface area contributed by atoms with Crippen molar-refractivity contribution in [2.45, 2.75) is 12.4 Å². The molecule has 2 aromatic rings. The minimum atomic E-state index is -4.53. The van der Waals surface area contributed by atoms with Gasteiger partial charge in [0.2, 0.25) is 0 Å². The topological polar surface area (TPSA) is 99.5 Å². The monoisotopic (exact) mass is 596 g/mol. The number of hydrogen-bond donors (Lipinski definition) is 3. The molecule has 2 rings (SSSR count). The fourth-order valence-electron chi connectivity index (χ4n) is 2.33. The zero-order valence-corrected chi connectivity index (χ0v) is 20.4. The van der Waals surface area contributed by atoms with Crippen LogP contribution in [0.2, 0.25) is 0 Å². The molecular weight excluding hydrogens is 580 g/mol. The summed E-state index contributed by atoms with van der Waals surface area (Å²) < 4.78 is 74.7. The van der Waals surface area contributed by atoms with Crippen LogP contribution in [0.5, 0.6) is 0 Å². The van der Waals surface area contributed by atoms with Crippen LogP contribution in [0.25, 0.3) is 0 Å². The second kappa shape index (κ2) is 14.0. The number of nitrogens with one attached hydrogen (secondary N) is 2. The van der Waals surface area contributed by atoms with E-state index in [9.17, 15) is 26.3 Å². The van der Waals surface area contributed by atoms with Gasteiger partial charge in [-0.15, -0.1) is 10.2 Å². The van der Waals surface area contributed by atoms with Crippen molar-refractivity contribution in [3.63, 3.8) is 0 Å². The second-order valence-corrected chi connectivity index (χ2v) is 7.41. The van der Waals surface area contributed by atoms with Crippen LogP contribution in [-0.2, 0) is 42.3 Å². The average Bonchev–Trinajstić information content (AvgIpc) is 2.79. The van der Waals surface area contributed by atoms with Gasteiger partial charge >= 0.3 is 29.4 Å². The third kappa shape index (κ3) is 11.7. The number of nitrogens with zero attached hydrogens (tertiary/aromatic N) is 4. The summed E-state index contributed by atoms with van der Waals surface area (Å²) in [5, 5.41) is 17.9. The van der Waals surface area contributed by atoms with E-state index in [4.69, 9.17) is 31.0 Å². The number of hydrogen-bond acceptors (Lipinski definition) is 7. The molecule has 0 heterocycles. The van der Waals surface area contributed by atoms with Crippen LogP contribution >= 0.6 is 0 Å². The summed E-state index contributed by atoms with van der Waals surface area (Å²) >= 11 is 9.57. The van der Waals surface area contributed by atoms with Crippen LogP contribution in [0.4, 0.5) is 32.0 Å². The molecular formula is C20H17CuF6N7S2. The molecule has 0 fully saturated rings. The standard InChI is InChI=1S/C20H19F6N7S2.Cu/c21-19(22,23)10-28-17(34)32-30-15(12-4-2-1-3-5-12)16(13-6-8-14(27)9-7-13)31-33-18(35)29-11-20(24,25)26;/h1-9H,10-11,27H2,(H2,28,32,34)(H2,29,33,35);/q;+2/p-2/b30-15+,31-16+;. The van der Waals surface area contributed by atoms with Gasteiger partial charge in [-0.25, -0.2) is 0 Å². The van der Waals surface area contributed by atoms with E-state index in [2.05, 4.69) is 20.4 Å². The van der Waals surface area contributed by atoms with Gasteiger partial charge in [0.15, 0.2) is 0 Å². The smallest absolute Gasteiger partial charge is 0.741 e. The fourth-order valence-corrected chi connectivity index (χ4v) is 2.56. The van der Waals surface area contributed by atoms with Gasteiger partial charge in [0.25, 0.3) is 0 Å². The Morgan fingerprint density at radius 1 is 0.667 bits per heavy atom. The molecule has 1 radical (unpaired) electrons. The Morgan fingerprint density at radius 3 is 1.44 bits per heavy atom. The molecule has 197 valence electrons. The van der Waals surface area contributed by atoms with E-state index in [1.165, 1.54) is 24.3 Å². The summed E-state index contributed by atoms with van der Waals surface area (Å²) in [5.41, 5.74) is 6.91. The van der Waals surface area contributed by atoms with Crippen molar-refractivity contribution in [1.82, 2.24) is 10.6 Å². The van der Waals surface area contributed by atoms with Crippen molar-refractivity contribution < 1.29 is 43.4 Å². The fraction of sp³-hybridized carbons (Fsp3) is 0.200. The molecule has 36 heavy (non-hydrogen) atoms. The van der Waals surface area contributed by atoms with Crippen LogP contribution in [-0.4, -0.2) is 47.2 Å². The summed E-state index contributed by atoms with van der Waals surface area (Å²) in [6.07, 6.45) is -9.06. The molecule has 4 N–H and O–H groups in total. The predicted molar refractivity (Wildman–Crippen MR) is 128 cm³/mol. The van der Waals surface area contributed by atoms with Gasteiger partial charge in [0.1, 0.15) is 24.5 Å². The zero-order valence-electron chi connectivity index (χ0n) is 17.9. The summed E-state index contributed by atoms with van der Waals surface area (Å²) in [6.45, 7) is -2.84. The Kier molecular flexibility index (Phi) is 12.1. The Labute approximate surface area is 223 Å². The Balaban J connectivity index is 0.00000648. The Hall–Kier alpha value is -2.94. The molecule has 0 spiro atoms. The van der Waals surface area contributed by atoms with E-state index in [0.29, 0.717) is 16.8 Å². The molecule has 0 aliphatic heterocycles. The van der Waals surface area contributed by atoms with Crippen molar-refractivity contribution in [3.05, 3.63) is 65.7 Å². The Morgan fingerprint density at radius 2 is 1.06 bits per heavy atom. The first-order chi connectivity index (χ1) is 16.3. The van der Waals surface area contributed by atoms with E-state index < -0.39 is 35.8 Å². The third-order valence-corrected chi connectivity index (χ3v) is 4.27. The van der Waals surface area contributed by atoms with E-state index in [1.54, 1.807) is 30.3 Å². The molecule has 0 aromatic heterocycles. The van der Waals surface area contributed by atoms with Crippen molar-refractivity contribution in [2.75, 3.05) is 18.8 Å². The summed E-state index contributed by atoms with van der Waals surface area (Å²) in [6, 6.07) is 14.3. The molecule has 16 heteroatoms. The number of rotatable bonds is 7. The molecule has 7 nitrogen and oxygen atoms in total. The molecule has 0 atom stereocenters. The number of anilines is 1. The van der Waals surface area contributed by atoms with Crippen LogP contribution in [0.1, 0.15) is 11.1 Å². The molecule has 0 unspecified atom stereocenters. The zero-order chi connectivity index (χ0) is 26.1. The van der Waals surface area contributed by atoms with Gasteiger partial charge < -0.3 is 41.6 Å². The maximum absolute atomic E-state index is 12.4. The summed E-state index contributed by atoms with van der Waals surface area (Å²) in [7, 11) is 0. The van der Waals surface area contributed by atoms with Gasteiger partial charge in [0.05, 0.1) is 0 Å². The Bertz CT molecular complexity index is 1100. The maximum Gasteiger partial charge on any atom is 2.00 e. The van der Waals surface area contributed by atoms with Crippen LogP contribution in [0.15, 0.2) is 75.0 Å². The molecule has 0 amide bonds. The average molecular weight is 597 g/mol. The molecule has 0 saturated heterocycles.